The lowest BCUT2D eigenvalue weighted by Gasteiger charge is -2.34. The second-order valence-electron chi connectivity index (χ2n) is 23.3. The van der Waals surface area contributed by atoms with Gasteiger partial charge in [0.15, 0.2) is 0 Å². The monoisotopic (exact) mass is 1260 g/mol. The summed E-state index contributed by atoms with van der Waals surface area (Å²) in [4.78, 5) is 80.5. The van der Waals surface area contributed by atoms with Gasteiger partial charge in [0.05, 0.1) is 62.5 Å². The first-order valence-electron chi connectivity index (χ1n) is 32.6. The third-order valence-electron chi connectivity index (χ3n) is 16.3. The molecule has 500 valence electrons. The fourth-order valence-corrected chi connectivity index (χ4v) is 10.9. The molecule has 18 heteroatoms. The summed E-state index contributed by atoms with van der Waals surface area (Å²) >= 11 is 0. The number of carbonyl (C=O) groups excluding carboxylic acids is 6. The first-order chi connectivity index (χ1) is 43.5. The second-order valence-corrected chi connectivity index (χ2v) is 23.3. The number of nitrogens with zero attached hydrogens (tertiary/aromatic N) is 4. The van der Waals surface area contributed by atoms with E-state index in [4.69, 9.17) is 19.9 Å². The molecule has 0 bridgehead atoms. The summed E-state index contributed by atoms with van der Waals surface area (Å²) in [5.74, 6) is 0.124. The van der Waals surface area contributed by atoms with E-state index in [2.05, 4.69) is 69.7 Å². The molecule has 7 rings (SSSR count). The molecule has 0 spiro atoms. The standard InChI is InChI=1S/C18H28N2O2.C17H26N2O.C15H22N2O3.C14H22N2O.C9H11NO2/c1-13-11-14(2)18(16(12-13)22-4)19-17(21)8-10-20-9-6-5-7-15(20)3;1-4-11-19-12-6-5-10-15(19)17(20)18-16-13(2)8-7-9-14(16)3;1-5-17(6-2)10-13(18)16-14-11(3)8-7-9-12(14)15(19)20-4;1-5-16(6-2)10-13(17)15-14-11(3)8-7-9-12(14)4;1-2-12-9(11)7-3-5-8(10)6-4-7/h11-12,15H,5-10H2,1-4H3,(H,19,21);7-9,15H,4-6,10-12H2,1-3H3,(H,18,20);7-9H,5-6,10H2,1-4H3,(H,16,18);7-9H,5-6,10H2,1-4H3,(H,15,17);3-6H,2,10H2,1H3/t;15-;;;/m.0.../s1. The van der Waals surface area contributed by atoms with Gasteiger partial charge in [-0.05, 0) is 216 Å². The van der Waals surface area contributed by atoms with Gasteiger partial charge in [0.25, 0.3) is 0 Å². The molecule has 2 saturated heterocycles. The number of methoxy groups -OCH3 is 2. The number of ether oxygens (including phenoxy) is 3. The first-order valence-corrected chi connectivity index (χ1v) is 32.6. The second kappa shape index (κ2) is 41.7. The number of amides is 4. The van der Waals surface area contributed by atoms with Crippen molar-refractivity contribution in [3.8, 4) is 5.75 Å². The van der Waals surface area contributed by atoms with Crippen molar-refractivity contribution in [3.05, 3.63) is 141 Å². The summed E-state index contributed by atoms with van der Waals surface area (Å²) in [5, 5.41) is 12.0. The highest BCUT2D eigenvalue weighted by molar-refractivity contribution is 6.03. The zero-order valence-electron chi connectivity index (χ0n) is 57.8. The average Bonchev–Trinajstić information content (AvgIpc) is 1.20. The first kappa shape index (κ1) is 77.6. The highest BCUT2D eigenvalue weighted by Crippen LogP contribution is 2.30. The van der Waals surface area contributed by atoms with Crippen LogP contribution in [0.3, 0.4) is 0 Å². The fraction of sp³-hybridized carbons (Fsp3) is 0.507. The number of esters is 2. The van der Waals surface area contributed by atoms with Gasteiger partial charge in [-0.15, -0.1) is 0 Å². The van der Waals surface area contributed by atoms with Crippen LogP contribution in [0.2, 0.25) is 0 Å². The Labute approximate surface area is 544 Å². The average molecular weight is 1260 g/mol. The third-order valence-corrected chi connectivity index (χ3v) is 16.3. The topological polar surface area (TPSA) is 217 Å². The van der Waals surface area contributed by atoms with Crippen molar-refractivity contribution >= 4 is 64.0 Å². The number of carbonyl (C=O) groups is 6. The Bertz CT molecular complexity index is 3030. The molecule has 0 aliphatic carbocycles. The largest absolute Gasteiger partial charge is 0.495 e. The Hall–Kier alpha value is -7.64. The molecule has 2 aliphatic rings. The van der Waals surface area contributed by atoms with Crippen LogP contribution >= 0.6 is 0 Å². The van der Waals surface area contributed by atoms with Crippen LogP contribution in [0.1, 0.15) is 159 Å². The van der Waals surface area contributed by atoms with Crippen LogP contribution < -0.4 is 31.7 Å². The van der Waals surface area contributed by atoms with Crippen molar-refractivity contribution in [1.82, 2.24) is 19.6 Å². The van der Waals surface area contributed by atoms with E-state index in [9.17, 15) is 28.8 Å². The Morgan fingerprint density at radius 3 is 1.52 bits per heavy atom. The molecule has 4 amide bonds. The lowest BCUT2D eigenvalue weighted by atomic mass is 10.0. The lowest BCUT2D eigenvalue weighted by molar-refractivity contribution is -0.122. The number of likely N-dealkylation sites (N-methyl/N-ethyl adjacent to an activating group) is 2. The quantitative estimate of drug-likeness (QED) is 0.0322. The van der Waals surface area contributed by atoms with Crippen LogP contribution in [0, 0.1) is 48.5 Å². The fourth-order valence-electron chi connectivity index (χ4n) is 10.9. The Balaban J connectivity index is 0.000000300. The Kier molecular flexibility index (Phi) is 35.5. The van der Waals surface area contributed by atoms with Gasteiger partial charge in [-0.2, -0.15) is 0 Å². The highest BCUT2D eigenvalue weighted by atomic mass is 16.5. The van der Waals surface area contributed by atoms with E-state index < -0.39 is 5.97 Å². The maximum absolute atomic E-state index is 12.6. The minimum atomic E-state index is -0.452. The molecule has 2 heterocycles. The predicted octanol–water partition coefficient (Wildman–Crippen LogP) is 13.1. The van der Waals surface area contributed by atoms with Crippen LogP contribution in [-0.2, 0) is 28.7 Å². The van der Waals surface area contributed by atoms with Crippen LogP contribution in [0.4, 0.5) is 28.4 Å². The summed E-state index contributed by atoms with van der Waals surface area (Å²) in [6.07, 6.45) is 8.79. The SMILES string of the molecule is CCCN1CCCC[C@H]1C(=O)Nc1c(C)cccc1C.CCN(CC)CC(=O)Nc1c(C)cccc1C.CCN(CC)CC(=O)Nc1c(C)cccc1C(=O)OC.CCOC(=O)c1ccc(N)cc1.COc1cc(C)cc(C)c1NC(=O)CCN1CCCCC1C. The number of likely N-dealkylation sites (tertiary alicyclic amines) is 2. The molecule has 0 saturated carbocycles. The highest BCUT2D eigenvalue weighted by Gasteiger charge is 2.29. The molecule has 0 aromatic heterocycles. The van der Waals surface area contributed by atoms with E-state index in [1.54, 1.807) is 50.4 Å². The van der Waals surface area contributed by atoms with Crippen LogP contribution in [0.25, 0.3) is 0 Å². The smallest absolute Gasteiger partial charge is 0.339 e. The lowest BCUT2D eigenvalue weighted by Crippen LogP contribution is -2.47. The van der Waals surface area contributed by atoms with Gasteiger partial charge in [0.2, 0.25) is 23.6 Å². The number of rotatable bonds is 22. The number of hydrogen-bond acceptors (Lipinski definition) is 14. The molecule has 5 aromatic rings. The maximum atomic E-state index is 12.6. The zero-order valence-corrected chi connectivity index (χ0v) is 57.8. The van der Waals surface area contributed by atoms with E-state index in [0.717, 1.165) is 133 Å². The molecule has 18 nitrogen and oxygen atoms in total. The Morgan fingerprint density at radius 1 is 0.538 bits per heavy atom. The molecular formula is C73H109N9O9. The molecule has 2 fully saturated rings. The van der Waals surface area contributed by atoms with Crippen molar-refractivity contribution in [3.63, 3.8) is 0 Å². The van der Waals surface area contributed by atoms with Crippen molar-refractivity contribution in [1.29, 1.82) is 0 Å². The van der Waals surface area contributed by atoms with E-state index >= 15 is 0 Å². The summed E-state index contributed by atoms with van der Waals surface area (Å²) in [5.41, 5.74) is 17.7. The number of hydrogen-bond donors (Lipinski definition) is 5. The number of nitrogens with one attached hydrogen (secondary N) is 4. The molecule has 2 aliphatic heterocycles. The summed E-state index contributed by atoms with van der Waals surface area (Å²) in [7, 11) is 2.96. The van der Waals surface area contributed by atoms with Crippen LogP contribution in [0.5, 0.6) is 5.75 Å². The molecule has 0 radical (unpaired) electrons. The van der Waals surface area contributed by atoms with Crippen molar-refractivity contribution in [2.45, 2.75) is 160 Å². The molecular weight excluding hydrogens is 1150 g/mol. The third kappa shape index (κ3) is 26.6. The number of para-hydroxylation sites is 3. The predicted molar refractivity (Wildman–Crippen MR) is 373 cm³/mol. The zero-order chi connectivity index (χ0) is 67.6. The van der Waals surface area contributed by atoms with E-state index in [1.807, 2.05) is 116 Å². The van der Waals surface area contributed by atoms with Gasteiger partial charge >= 0.3 is 11.9 Å². The van der Waals surface area contributed by atoms with E-state index in [1.165, 1.54) is 32.8 Å². The minimum Gasteiger partial charge on any atom is -0.495 e. The number of benzene rings is 5. The summed E-state index contributed by atoms with van der Waals surface area (Å²) in [6.45, 7) is 36.9. The van der Waals surface area contributed by atoms with Gasteiger partial charge in [-0.25, -0.2) is 9.59 Å². The Morgan fingerprint density at radius 2 is 1.02 bits per heavy atom. The number of nitrogens with two attached hydrogens (primary N) is 1. The minimum absolute atomic E-state index is 0.0442. The van der Waals surface area contributed by atoms with Gasteiger partial charge < -0.3 is 46.1 Å². The van der Waals surface area contributed by atoms with Crippen molar-refractivity contribution < 1.29 is 43.0 Å². The summed E-state index contributed by atoms with van der Waals surface area (Å²) in [6, 6.07) is 28.7. The van der Waals surface area contributed by atoms with Crippen LogP contribution in [0.15, 0.2) is 91.0 Å². The number of aryl methyl sites for hydroxylation is 7. The van der Waals surface area contributed by atoms with E-state index in [-0.39, 0.29) is 35.6 Å². The molecule has 2 atom stereocenters. The number of anilines is 5. The molecule has 5 aromatic carbocycles. The van der Waals surface area contributed by atoms with Gasteiger partial charge in [0.1, 0.15) is 5.75 Å². The molecule has 6 N–H and O–H groups in total. The normalized spacial score (nSPS) is 14.5. The van der Waals surface area contributed by atoms with Crippen LogP contribution in [-0.4, -0.2) is 154 Å². The van der Waals surface area contributed by atoms with Crippen molar-refractivity contribution in [2.75, 3.05) is 113 Å². The van der Waals surface area contributed by atoms with Gasteiger partial charge in [-0.3, -0.25) is 33.9 Å². The molecule has 1 unspecified atom stereocenters. The van der Waals surface area contributed by atoms with E-state index in [0.29, 0.717) is 54.7 Å². The number of nitrogen functional groups attached to an aromatic ring is 1. The summed E-state index contributed by atoms with van der Waals surface area (Å²) < 4.78 is 14.9. The van der Waals surface area contributed by atoms with Crippen molar-refractivity contribution in [2.24, 2.45) is 0 Å². The molecule has 91 heavy (non-hydrogen) atoms. The maximum Gasteiger partial charge on any atom is 0.339 e. The van der Waals surface area contributed by atoms with Gasteiger partial charge in [0, 0.05) is 36.1 Å². The number of piperidine rings is 2. The van der Waals surface area contributed by atoms with Gasteiger partial charge in [-0.1, -0.05) is 102 Å².